The third-order valence-electron chi connectivity index (χ3n) is 7.16. The Morgan fingerprint density at radius 3 is 2.67 bits per heavy atom. The predicted octanol–water partition coefficient (Wildman–Crippen LogP) is 6.45. The van der Waals surface area contributed by atoms with Crippen LogP contribution in [0, 0.1) is 11.3 Å². The number of benzene rings is 3. The van der Waals surface area contributed by atoms with E-state index >= 15 is 0 Å². The van der Waals surface area contributed by atoms with Gasteiger partial charge in [0.25, 0.3) is 5.56 Å². The number of fused-ring (bicyclic) bond motifs is 1. The largest absolute Gasteiger partial charge is 0.496 e. The first kappa shape index (κ1) is 32.2. The molecule has 0 saturated carbocycles. The number of hydrogen-bond donors (Lipinski definition) is 0. The van der Waals surface area contributed by atoms with Crippen LogP contribution in [0.15, 0.2) is 86.2 Å². The van der Waals surface area contributed by atoms with Gasteiger partial charge in [0.1, 0.15) is 24.1 Å². The Labute approximate surface area is 277 Å². The minimum atomic E-state index is -0.877. The molecule has 1 aromatic heterocycles. The summed E-state index contributed by atoms with van der Waals surface area (Å²) in [5.41, 5.74) is 2.97. The molecule has 0 radical (unpaired) electrons. The summed E-state index contributed by atoms with van der Waals surface area (Å²) < 4.78 is 20.0. The number of carbonyl (C=O) groups is 1. The molecule has 0 aliphatic carbocycles. The van der Waals surface area contributed by atoms with Crippen LogP contribution >= 0.6 is 38.9 Å². The third-order valence-corrected chi connectivity index (χ3v) is 8.87. The topological polar surface area (TPSA) is 103 Å². The summed E-state index contributed by atoms with van der Waals surface area (Å²) in [6.07, 6.45) is 2.98. The Balaban J connectivity index is 1.70. The molecule has 3 aromatic carbocycles. The first-order valence-corrected chi connectivity index (χ1v) is 16.2. The van der Waals surface area contributed by atoms with Crippen molar-refractivity contribution in [2.24, 2.45) is 4.99 Å². The molecular formula is C34H29BrClN3O5S. The SMILES string of the molecule is CCCC1=C(C(=O)OCC)[C@H](c2cc(Cl)ccc2OC)n2c(s/c(=C/c3cc(Br)ccc3OCc3ccccc3C#N)c2=O)=N1. The average Bonchev–Trinajstić information content (AvgIpc) is 3.34. The molecule has 1 atom stereocenters. The van der Waals surface area contributed by atoms with Crippen molar-refractivity contribution in [2.45, 2.75) is 39.3 Å². The molecular weight excluding hydrogens is 678 g/mol. The van der Waals surface area contributed by atoms with Crippen LogP contribution in [-0.4, -0.2) is 24.3 Å². The predicted molar refractivity (Wildman–Crippen MR) is 177 cm³/mol. The molecule has 4 aromatic rings. The molecule has 2 heterocycles. The van der Waals surface area contributed by atoms with Crippen molar-refractivity contribution in [1.29, 1.82) is 5.26 Å². The van der Waals surface area contributed by atoms with E-state index in [1.807, 2.05) is 31.2 Å². The highest BCUT2D eigenvalue weighted by atomic mass is 79.9. The smallest absolute Gasteiger partial charge is 0.338 e. The second kappa shape index (κ2) is 14.3. The Kier molecular flexibility index (Phi) is 10.2. The summed E-state index contributed by atoms with van der Waals surface area (Å²) in [5, 5.41) is 9.92. The van der Waals surface area contributed by atoms with Crippen LogP contribution in [0.5, 0.6) is 11.5 Å². The molecule has 11 heteroatoms. The lowest BCUT2D eigenvalue weighted by Crippen LogP contribution is -2.40. The van der Waals surface area contributed by atoms with E-state index in [0.717, 1.165) is 16.5 Å². The number of halogens is 2. The zero-order chi connectivity index (χ0) is 32.1. The number of ether oxygens (including phenoxy) is 3. The van der Waals surface area contributed by atoms with E-state index in [1.165, 1.54) is 23.0 Å². The zero-order valence-corrected chi connectivity index (χ0v) is 28.0. The molecule has 0 amide bonds. The fourth-order valence-corrected chi connectivity index (χ4v) is 6.72. The van der Waals surface area contributed by atoms with Crippen molar-refractivity contribution < 1.29 is 19.0 Å². The van der Waals surface area contributed by atoms with Crippen LogP contribution < -0.4 is 24.4 Å². The van der Waals surface area contributed by atoms with Gasteiger partial charge >= 0.3 is 5.97 Å². The highest BCUT2D eigenvalue weighted by molar-refractivity contribution is 9.10. The maximum Gasteiger partial charge on any atom is 0.338 e. The van der Waals surface area contributed by atoms with Gasteiger partial charge < -0.3 is 14.2 Å². The molecule has 230 valence electrons. The quantitative estimate of drug-likeness (QED) is 0.176. The lowest BCUT2D eigenvalue weighted by Gasteiger charge is -2.27. The highest BCUT2D eigenvalue weighted by Gasteiger charge is 2.36. The minimum Gasteiger partial charge on any atom is -0.496 e. The van der Waals surface area contributed by atoms with Gasteiger partial charge in [-0.15, -0.1) is 0 Å². The van der Waals surface area contributed by atoms with Gasteiger partial charge in [-0.05, 0) is 61.9 Å². The zero-order valence-electron chi connectivity index (χ0n) is 24.8. The minimum absolute atomic E-state index is 0.163. The molecule has 0 unspecified atom stereocenters. The van der Waals surface area contributed by atoms with E-state index in [-0.39, 0.29) is 24.3 Å². The van der Waals surface area contributed by atoms with Crippen molar-refractivity contribution in [1.82, 2.24) is 4.57 Å². The molecule has 1 aliphatic heterocycles. The number of methoxy groups -OCH3 is 1. The van der Waals surface area contributed by atoms with E-state index in [0.29, 0.717) is 54.7 Å². The summed E-state index contributed by atoms with van der Waals surface area (Å²) in [5.74, 6) is 0.453. The summed E-state index contributed by atoms with van der Waals surface area (Å²) in [4.78, 5) is 33.1. The molecule has 0 fully saturated rings. The number of rotatable bonds is 10. The van der Waals surface area contributed by atoms with E-state index in [4.69, 9.17) is 30.8 Å². The van der Waals surface area contributed by atoms with Crippen LogP contribution in [-0.2, 0) is 16.1 Å². The summed E-state index contributed by atoms with van der Waals surface area (Å²) in [7, 11) is 1.53. The van der Waals surface area contributed by atoms with E-state index < -0.39 is 12.0 Å². The van der Waals surface area contributed by atoms with Crippen molar-refractivity contribution in [3.8, 4) is 17.6 Å². The molecule has 1 aliphatic rings. The van der Waals surface area contributed by atoms with Crippen molar-refractivity contribution in [3.63, 3.8) is 0 Å². The number of allylic oxidation sites excluding steroid dienone is 1. The van der Waals surface area contributed by atoms with Crippen LogP contribution in [0.4, 0.5) is 0 Å². The number of carbonyl (C=O) groups excluding carboxylic acids is 1. The van der Waals surface area contributed by atoms with E-state index in [1.54, 1.807) is 49.4 Å². The van der Waals surface area contributed by atoms with Gasteiger partial charge in [0.15, 0.2) is 4.80 Å². The number of thiazole rings is 1. The van der Waals surface area contributed by atoms with Gasteiger partial charge in [-0.3, -0.25) is 9.36 Å². The van der Waals surface area contributed by atoms with Gasteiger partial charge in [0.2, 0.25) is 0 Å². The normalized spacial score (nSPS) is 14.4. The Morgan fingerprint density at radius 1 is 1.16 bits per heavy atom. The third kappa shape index (κ3) is 6.76. The molecule has 0 spiro atoms. The van der Waals surface area contributed by atoms with Crippen LogP contribution in [0.25, 0.3) is 6.08 Å². The molecule has 0 saturated heterocycles. The Bertz CT molecular complexity index is 2030. The fraction of sp³-hybridized carbons (Fsp3) is 0.235. The summed E-state index contributed by atoms with van der Waals surface area (Å²) >= 11 is 11.2. The standard InChI is InChI=1S/C34H29BrClN3O5S/c1-4-8-26-30(33(41)43-5-2)31(25-17-24(36)12-14-28(25)42-3)39-32(40)29(45-34(39)38-26)16-22-15-23(35)11-13-27(22)44-19-21-10-7-6-9-20(21)18-37/h6-7,9-17,31H,4-5,8,19H2,1-3H3/b29-16+/t31-/m0/s1. The second-order valence-electron chi connectivity index (χ2n) is 10.0. The van der Waals surface area contributed by atoms with Crippen LogP contribution in [0.3, 0.4) is 0 Å². The summed E-state index contributed by atoms with van der Waals surface area (Å²) in [6.45, 7) is 4.07. The van der Waals surface area contributed by atoms with Gasteiger partial charge in [0.05, 0.1) is 41.2 Å². The maximum absolute atomic E-state index is 14.3. The Hall–Kier alpha value is -4.17. The monoisotopic (exact) mass is 705 g/mol. The lowest BCUT2D eigenvalue weighted by atomic mass is 9.93. The van der Waals surface area contributed by atoms with Crippen LogP contribution in [0.1, 0.15) is 55.0 Å². The maximum atomic E-state index is 14.3. The van der Waals surface area contributed by atoms with Crippen molar-refractivity contribution in [3.05, 3.63) is 123 Å². The molecule has 8 nitrogen and oxygen atoms in total. The van der Waals surface area contributed by atoms with Crippen molar-refractivity contribution in [2.75, 3.05) is 13.7 Å². The second-order valence-corrected chi connectivity index (χ2v) is 12.4. The van der Waals surface area contributed by atoms with E-state index in [2.05, 4.69) is 22.0 Å². The average molecular weight is 707 g/mol. The number of nitriles is 1. The molecule has 0 bridgehead atoms. The first-order chi connectivity index (χ1) is 21.8. The van der Waals surface area contributed by atoms with Crippen molar-refractivity contribution >= 4 is 50.9 Å². The number of aromatic nitrogens is 1. The lowest BCUT2D eigenvalue weighted by molar-refractivity contribution is -0.139. The van der Waals surface area contributed by atoms with Gasteiger partial charge in [-0.25, -0.2) is 9.79 Å². The fourth-order valence-electron chi connectivity index (χ4n) is 5.15. The highest BCUT2D eigenvalue weighted by Crippen LogP contribution is 2.38. The first-order valence-electron chi connectivity index (χ1n) is 14.2. The molecule has 5 rings (SSSR count). The molecule has 45 heavy (non-hydrogen) atoms. The Morgan fingerprint density at radius 2 is 1.93 bits per heavy atom. The van der Waals surface area contributed by atoms with E-state index in [9.17, 15) is 14.9 Å². The number of esters is 1. The van der Waals surface area contributed by atoms with Gasteiger partial charge in [0, 0.05) is 26.2 Å². The van der Waals surface area contributed by atoms with Gasteiger partial charge in [-0.1, -0.05) is 70.4 Å². The van der Waals surface area contributed by atoms with Gasteiger partial charge in [-0.2, -0.15) is 5.26 Å². The summed E-state index contributed by atoms with van der Waals surface area (Å²) in [6, 6.07) is 19.2. The van der Waals surface area contributed by atoms with Crippen LogP contribution in [0.2, 0.25) is 5.02 Å². The molecule has 0 N–H and O–H groups in total. The number of hydrogen-bond acceptors (Lipinski definition) is 8. The number of nitrogens with zero attached hydrogens (tertiary/aromatic N) is 3.